The van der Waals surface area contributed by atoms with E-state index in [1.165, 1.54) is 244 Å². The molecule has 1 unspecified atom stereocenters. The second-order valence-electron chi connectivity index (χ2n) is 15.0. The second kappa shape index (κ2) is 56.6. The van der Waals surface area contributed by atoms with Crippen LogP contribution < -0.4 is 0 Å². The van der Waals surface area contributed by atoms with E-state index in [1.807, 2.05) is 0 Å². The predicted molar refractivity (Wildman–Crippen MR) is 225 cm³/mol. The molecule has 2 nitrogen and oxygen atoms in total. The average molecular weight is 701 g/mol. The third-order valence-electron chi connectivity index (χ3n) is 9.85. The summed E-state index contributed by atoms with van der Waals surface area (Å²) in [5.74, 6) is 0. The monoisotopic (exact) mass is 701 g/mol. The van der Waals surface area contributed by atoms with Crippen LogP contribution in [0.2, 0.25) is 0 Å². The molecular formula is C45H97O2P. The maximum Gasteiger partial charge on any atom is 0.179 e. The van der Waals surface area contributed by atoms with Crippen LogP contribution in [0.25, 0.3) is 0 Å². The number of unbranched alkanes of at least 4 members (excludes halogenated alkanes) is 36. The zero-order valence-electron chi connectivity index (χ0n) is 34.7. The number of rotatable bonds is 39. The van der Waals surface area contributed by atoms with Crippen LogP contribution in [0.15, 0.2) is 0 Å². The van der Waals surface area contributed by atoms with E-state index in [4.69, 9.17) is 4.52 Å². The van der Waals surface area contributed by atoms with Gasteiger partial charge in [0.1, 0.15) is 0 Å². The topological polar surface area (TPSA) is 26.3 Å². The molecule has 0 aliphatic heterocycles. The molecule has 0 rings (SSSR count). The molecule has 0 amide bonds. The Labute approximate surface area is 308 Å². The standard InChI is InChI=1S/C15H33O2P.2C15H32/c1-2-3-4-5-6-7-8-9-10-11-12-13-14-15-17-18-16;2*1-3-5-7-9-11-13-15-14-12-10-8-6-4-2/h2-15,18H2,1H3;2*3-15H2,1-2H3. The van der Waals surface area contributed by atoms with E-state index in [0.717, 1.165) is 6.42 Å². The van der Waals surface area contributed by atoms with Gasteiger partial charge in [0.15, 0.2) is 8.69 Å². The van der Waals surface area contributed by atoms with Gasteiger partial charge in [-0.15, -0.1) is 0 Å². The molecule has 48 heavy (non-hydrogen) atoms. The van der Waals surface area contributed by atoms with Crippen molar-refractivity contribution in [1.82, 2.24) is 0 Å². The molecule has 0 saturated heterocycles. The Morgan fingerprint density at radius 3 is 0.542 bits per heavy atom. The lowest BCUT2D eigenvalue weighted by Gasteiger charge is -2.02. The minimum absolute atomic E-state index is 0.691. The minimum Gasteiger partial charge on any atom is -0.332 e. The molecule has 0 heterocycles. The first kappa shape index (κ1) is 52.5. The SMILES string of the molecule is CCCCCCCCCCCCCCC.CCCCCCCCCCCCCCC.CCCCCCCCCCCCCCCO[PH2]=O. The van der Waals surface area contributed by atoms with Crippen LogP contribution in [0.3, 0.4) is 0 Å². The van der Waals surface area contributed by atoms with Crippen LogP contribution in [0.4, 0.5) is 0 Å². The Morgan fingerprint density at radius 2 is 0.396 bits per heavy atom. The largest absolute Gasteiger partial charge is 0.332 e. The summed E-state index contributed by atoms with van der Waals surface area (Å²) >= 11 is 0. The van der Waals surface area contributed by atoms with Crippen LogP contribution in [0, 0.1) is 0 Å². The lowest BCUT2D eigenvalue weighted by Crippen LogP contribution is -1.86. The molecule has 1 atom stereocenters. The van der Waals surface area contributed by atoms with Gasteiger partial charge in [-0.3, -0.25) is 4.57 Å². The Balaban J connectivity index is -0.000000637. The van der Waals surface area contributed by atoms with E-state index in [2.05, 4.69) is 34.6 Å². The molecule has 0 N–H and O–H groups in total. The van der Waals surface area contributed by atoms with E-state index in [0.29, 0.717) is 6.61 Å². The maximum atomic E-state index is 10.1. The second-order valence-corrected chi connectivity index (χ2v) is 15.5. The summed E-state index contributed by atoms with van der Waals surface area (Å²) in [4.78, 5) is 0. The Morgan fingerprint density at radius 1 is 0.250 bits per heavy atom. The molecular weight excluding hydrogens is 603 g/mol. The van der Waals surface area contributed by atoms with E-state index in [9.17, 15) is 4.57 Å². The van der Waals surface area contributed by atoms with E-state index in [-0.39, 0.29) is 0 Å². The van der Waals surface area contributed by atoms with Gasteiger partial charge >= 0.3 is 0 Å². The normalized spacial score (nSPS) is 11.1. The summed E-state index contributed by atoms with van der Waals surface area (Å²) in [6.07, 6.45) is 55.6. The molecule has 0 aromatic rings. The van der Waals surface area contributed by atoms with Crippen LogP contribution >= 0.6 is 8.69 Å². The molecule has 0 aromatic heterocycles. The fourth-order valence-electron chi connectivity index (χ4n) is 6.43. The van der Waals surface area contributed by atoms with Crippen molar-refractivity contribution in [2.24, 2.45) is 0 Å². The Kier molecular flexibility index (Phi) is 61.9. The first-order valence-electron chi connectivity index (χ1n) is 22.8. The molecule has 0 radical (unpaired) electrons. The van der Waals surface area contributed by atoms with Crippen molar-refractivity contribution in [3.8, 4) is 0 Å². The molecule has 0 bridgehead atoms. The smallest absolute Gasteiger partial charge is 0.179 e. The number of hydrogen-bond donors (Lipinski definition) is 0. The highest BCUT2D eigenvalue weighted by Crippen LogP contribution is 2.15. The predicted octanol–water partition coefficient (Wildman–Crippen LogP) is 18.0. The minimum atomic E-state index is -0.989. The third-order valence-corrected chi connectivity index (χ3v) is 10.2. The molecule has 0 spiro atoms. The van der Waals surface area contributed by atoms with Gasteiger partial charge < -0.3 is 4.52 Å². The summed E-state index contributed by atoms with van der Waals surface area (Å²) < 4.78 is 15.0. The van der Waals surface area contributed by atoms with Gasteiger partial charge in [-0.2, -0.15) is 0 Å². The third kappa shape index (κ3) is 61.4. The Bertz CT molecular complexity index is 447. The van der Waals surface area contributed by atoms with Crippen molar-refractivity contribution in [3.63, 3.8) is 0 Å². The quantitative estimate of drug-likeness (QED) is 0.0471. The zero-order chi connectivity index (χ0) is 35.7. The lowest BCUT2D eigenvalue weighted by atomic mass is 10.0. The molecule has 0 saturated carbocycles. The van der Waals surface area contributed by atoms with Gasteiger partial charge in [0.2, 0.25) is 0 Å². The van der Waals surface area contributed by atoms with Crippen molar-refractivity contribution in [2.75, 3.05) is 6.61 Å². The van der Waals surface area contributed by atoms with Gasteiger partial charge in [-0.05, 0) is 6.42 Å². The summed E-state index contributed by atoms with van der Waals surface area (Å²) in [6, 6.07) is 0. The van der Waals surface area contributed by atoms with Crippen molar-refractivity contribution < 1.29 is 9.09 Å². The summed E-state index contributed by atoms with van der Waals surface area (Å²) in [5, 5.41) is 0. The summed E-state index contributed by atoms with van der Waals surface area (Å²) in [6.45, 7) is 12.1. The first-order chi connectivity index (χ1) is 23.7. The maximum absolute atomic E-state index is 10.1. The highest BCUT2D eigenvalue weighted by molar-refractivity contribution is 7.17. The van der Waals surface area contributed by atoms with Crippen molar-refractivity contribution >= 4 is 8.69 Å². The Hall–Kier alpha value is 0.190. The van der Waals surface area contributed by atoms with Crippen molar-refractivity contribution in [1.29, 1.82) is 0 Å². The van der Waals surface area contributed by atoms with Crippen LogP contribution in [-0.4, -0.2) is 6.61 Å². The van der Waals surface area contributed by atoms with Crippen LogP contribution in [0.1, 0.15) is 285 Å². The molecule has 0 fully saturated rings. The van der Waals surface area contributed by atoms with E-state index < -0.39 is 8.69 Å². The van der Waals surface area contributed by atoms with E-state index >= 15 is 0 Å². The fourth-order valence-corrected chi connectivity index (χ4v) is 6.70. The van der Waals surface area contributed by atoms with Gasteiger partial charge in [0.05, 0.1) is 6.61 Å². The fraction of sp³-hybridized carbons (Fsp3) is 1.00. The highest BCUT2D eigenvalue weighted by Gasteiger charge is 1.95. The van der Waals surface area contributed by atoms with Gasteiger partial charge in [-0.1, -0.05) is 279 Å². The molecule has 0 aliphatic rings. The van der Waals surface area contributed by atoms with Crippen LogP contribution in [-0.2, 0) is 9.09 Å². The lowest BCUT2D eigenvalue weighted by molar-refractivity contribution is 0.328. The number of hydrogen-bond acceptors (Lipinski definition) is 2. The van der Waals surface area contributed by atoms with Crippen molar-refractivity contribution in [3.05, 3.63) is 0 Å². The van der Waals surface area contributed by atoms with Crippen LogP contribution in [0.5, 0.6) is 0 Å². The molecule has 0 aromatic carbocycles. The van der Waals surface area contributed by atoms with Gasteiger partial charge in [0.25, 0.3) is 0 Å². The molecule has 3 heteroatoms. The van der Waals surface area contributed by atoms with E-state index in [1.54, 1.807) is 0 Å². The molecule has 294 valence electrons. The van der Waals surface area contributed by atoms with Gasteiger partial charge in [0, 0.05) is 0 Å². The summed E-state index contributed by atoms with van der Waals surface area (Å²) in [7, 11) is -0.989. The zero-order valence-corrected chi connectivity index (χ0v) is 35.8. The highest BCUT2D eigenvalue weighted by atomic mass is 31.1. The molecule has 0 aliphatic carbocycles. The van der Waals surface area contributed by atoms with Crippen molar-refractivity contribution in [2.45, 2.75) is 285 Å². The average Bonchev–Trinajstić information content (AvgIpc) is 3.10. The summed E-state index contributed by atoms with van der Waals surface area (Å²) in [5.41, 5.74) is 0. The van der Waals surface area contributed by atoms with Gasteiger partial charge in [-0.25, -0.2) is 0 Å². The first-order valence-corrected chi connectivity index (χ1v) is 23.7.